The number of imidazole rings is 1. The molecule has 0 radical (unpaired) electrons. The minimum atomic E-state index is -1.74. The van der Waals surface area contributed by atoms with Crippen LogP contribution in [0.4, 0.5) is 10.2 Å². The summed E-state index contributed by atoms with van der Waals surface area (Å²) in [5.74, 6) is 0.0615. The van der Waals surface area contributed by atoms with Gasteiger partial charge in [0.1, 0.15) is 17.7 Å². The number of ether oxygens (including phenoxy) is 1. The van der Waals surface area contributed by atoms with Crippen molar-refractivity contribution in [2.45, 2.75) is 24.6 Å². The third kappa shape index (κ3) is 1.90. The molecule has 20 heavy (non-hydrogen) atoms. The number of halogens is 2. The van der Waals surface area contributed by atoms with Crippen LogP contribution in [0.15, 0.2) is 6.33 Å². The zero-order valence-corrected chi connectivity index (χ0v) is 10.8. The van der Waals surface area contributed by atoms with Crippen molar-refractivity contribution in [3.8, 4) is 0 Å². The lowest BCUT2D eigenvalue weighted by Crippen LogP contribution is -2.30. The number of hydrogen-bond acceptors (Lipinski definition) is 7. The second-order valence-electron chi connectivity index (χ2n) is 4.38. The van der Waals surface area contributed by atoms with E-state index in [0.717, 1.165) is 0 Å². The van der Waals surface area contributed by atoms with Gasteiger partial charge in [0.15, 0.2) is 23.9 Å². The van der Waals surface area contributed by atoms with Crippen molar-refractivity contribution in [1.82, 2.24) is 19.5 Å². The van der Waals surface area contributed by atoms with Gasteiger partial charge in [-0.25, -0.2) is 9.37 Å². The molecule has 0 aromatic carbocycles. The number of aliphatic hydroxyl groups is 2. The highest BCUT2D eigenvalue weighted by atomic mass is 35.5. The van der Waals surface area contributed by atoms with Crippen LogP contribution in [-0.4, -0.2) is 54.7 Å². The van der Waals surface area contributed by atoms with E-state index < -0.39 is 31.2 Å². The quantitative estimate of drug-likeness (QED) is 0.649. The number of nitrogens with two attached hydrogens (primary N) is 1. The molecule has 3 rings (SSSR count). The van der Waals surface area contributed by atoms with Crippen LogP contribution in [-0.2, 0) is 4.74 Å². The zero-order valence-electron chi connectivity index (χ0n) is 10.0. The molecule has 1 fully saturated rings. The Balaban J connectivity index is 2.07. The van der Waals surface area contributed by atoms with Crippen molar-refractivity contribution in [3.05, 3.63) is 11.6 Å². The summed E-state index contributed by atoms with van der Waals surface area (Å²) in [5.41, 5.74) is 6.10. The van der Waals surface area contributed by atoms with Gasteiger partial charge in [0.25, 0.3) is 0 Å². The van der Waals surface area contributed by atoms with E-state index >= 15 is 0 Å². The van der Waals surface area contributed by atoms with Gasteiger partial charge in [0, 0.05) is 0 Å². The highest BCUT2D eigenvalue weighted by Gasteiger charge is 2.45. The molecule has 3 heterocycles. The normalized spacial score (nSPS) is 30.2. The molecule has 2 aromatic heterocycles. The highest BCUT2D eigenvalue weighted by molar-refractivity contribution is 6.28. The number of fused-ring (bicyclic) bond motifs is 1. The maximum Gasteiger partial charge on any atom is 0.226 e. The van der Waals surface area contributed by atoms with Crippen molar-refractivity contribution in [3.63, 3.8) is 0 Å². The summed E-state index contributed by atoms with van der Waals surface area (Å²) in [6.45, 7) is -0.497. The number of hydrogen-bond donors (Lipinski definition) is 3. The van der Waals surface area contributed by atoms with E-state index in [-0.39, 0.29) is 22.3 Å². The highest BCUT2D eigenvalue weighted by Crippen LogP contribution is 2.34. The summed E-state index contributed by atoms with van der Waals surface area (Å²) in [4.78, 5) is 11.7. The molecular weight excluding hydrogens is 292 g/mol. The van der Waals surface area contributed by atoms with E-state index in [0.29, 0.717) is 0 Å². The molecule has 2 aromatic rings. The summed E-state index contributed by atoms with van der Waals surface area (Å²) in [7, 11) is 0. The Bertz CT molecular complexity index is 653. The second kappa shape index (κ2) is 4.77. The fourth-order valence-corrected chi connectivity index (χ4v) is 2.35. The third-order valence-electron chi connectivity index (χ3n) is 3.17. The first-order valence-electron chi connectivity index (χ1n) is 5.77. The minimum absolute atomic E-state index is 0.0615. The molecule has 8 nitrogen and oxygen atoms in total. The largest absolute Gasteiger partial charge is 0.394 e. The van der Waals surface area contributed by atoms with Gasteiger partial charge in [-0.15, -0.1) is 0 Å². The van der Waals surface area contributed by atoms with E-state index in [1.54, 1.807) is 0 Å². The fourth-order valence-electron chi connectivity index (χ4n) is 2.18. The lowest BCUT2D eigenvalue weighted by molar-refractivity contribution is -0.0459. The molecule has 4 atom stereocenters. The first-order valence-corrected chi connectivity index (χ1v) is 6.14. The summed E-state index contributed by atoms with van der Waals surface area (Å²) in [6.07, 6.45) is -4.08. The first-order chi connectivity index (χ1) is 9.52. The summed E-state index contributed by atoms with van der Waals surface area (Å²) >= 11 is 5.71. The predicted octanol–water partition coefficient (Wildman–Crippen LogP) is -0.349. The minimum Gasteiger partial charge on any atom is -0.394 e. The van der Waals surface area contributed by atoms with Gasteiger partial charge in [-0.1, -0.05) is 0 Å². The van der Waals surface area contributed by atoms with Crippen molar-refractivity contribution in [2.75, 3.05) is 12.3 Å². The Labute approximate surface area is 117 Å². The number of anilines is 1. The van der Waals surface area contributed by atoms with Crippen molar-refractivity contribution in [1.29, 1.82) is 0 Å². The molecule has 1 aliphatic heterocycles. The Kier molecular flexibility index (Phi) is 3.21. The van der Waals surface area contributed by atoms with Crippen LogP contribution in [0.25, 0.3) is 11.2 Å². The molecule has 0 unspecified atom stereocenters. The number of rotatable bonds is 2. The lowest BCUT2D eigenvalue weighted by Gasteiger charge is -2.15. The molecule has 0 saturated carbocycles. The molecule has 1 aliphatic rings. The van der Waals surface area contributed by atoms with Crippen molar-refractivity contribution in [2.24, 2.45) is 0 Å². The maximum absolute atomic E-state index is 14.1. The Hall–Kier alpha value is -1.55. The van der Waals surface area contributed by atoms with Crippen molar-refractivity contribution < 1.29 is 19.3 Å². The maximum atomic E-state index is 14.1. The molecule has 1 saturated heterocycles. The molecule has 0 amide bonds. The van der Waals surface area contributed by atoms with Gasteiger partial charge < -0.3 is 20.7 Å². The van der Waals surface area contributed by atoms with E-state index in [2.05, 4.69) is 15.0 Å². The van der Waals surface area contributed by atoms with Crippen LogP contribution in [0, 0.1) is 0 Å². The third-order valence-corrected chi connectivity index (χ3v) is 3.34. The number of aliphatic hydroxyl groups excluding tert-OH is 2. The standard InChI is InChI=1S/C10H11ClFN5O3/c11-10-15-7(13)5-8(16-10)17(2-14-5)9-4(12)6(19)3(1-18)20-9/h2-4,6,9,18-19H,1H2,(H2,13,15,16)/t3-,4+,6-,9-/m1/s1/i12-1. The first kappa shape index (κ1) is 13.4. The smallest absolute Gasteiger partial charge is 0.226 e. The van der Waals surface area contributed by atoms with E-state index in [4.69, 9.17) is 27.2 Å². The number of nitrogens with zero attached hydrogens (tertiary/aromatic N) is 4. The molecule has 0 spiro atoms. The molecule has 10 heteroatoms. The van der Waals surface area contributed by atoms with Gasteiger partial charge >= 0.3 is 0 Å². The van der Waals surface area contributed by atoms with Crippen LogP contribution in [0.5, 0.6) is 0 Å². The van der Waals surface area contributed by atoms with Crippen LogP contribution < -0.4 is 5.73 Å². The summed E-state index contributed by atoms with van der Waals surface area (Å²) in [6, 6.07) is 0. The average molecular weight is 303 g/mol. The molecule has 0 aliphatic carbocycles. The molecular formula is C10H11ClFN5O3. The van der Waals surface area contributed by atoms with Gasteiger partial charge in [-0.05, 0) is 11.6 Å². The average Bonchev–Trinajstić information content (AvgIpc) is 2.93. The number of aromatic nitrogens is 4. The van der Waals surface area contributed by atoms with Gasteiger partial charge in [0.05, 0.1) is 12.9 Å². The summed E-state index contributed by atoms with van der Waals surface area (Å²) in [5, 5.41) is 18.6. The van der Waals surface area contributed by atoms with Crippen LogP contribution in [0.3, 0.4) is 0 Å². The zero-order chi connectivity index (χ0) is 14.4. The predicted molar refractivity (Wildman–Crippen MR) is 66.6 cm³/mol. The summed E-state index contributed by atoms with van der Waals surface area (Å²) < 4.78 is 20.6. The number of nitrogen functional groups attached to an aromatic ring is 1. The molecule has 108 valence electrons. The lowest BCUT2D eigenvalue weighted by atomic mass is 10.1. The topological polar surface area (TPSA) is 119 Å². The molecule has 4 N–H and O–H groups in total. The van der Waals surface area contributed by atoms with Crippen LogP contribution >= 0.6 is 11.6 Å². The molecule has 0 bridgehead atoms. The van der Waals surface area contributed by atoms with Crippen LogP contribution in [0.2, 0.25) is 5.28 Å². The van der Waals surface area contributed by atoms with E-state index in [1.807, 2.05) is 0 Å². The van der Waals surface area contributed by atoms with Crippen LogP contribution in [0.1, 0.15) is 6.23 Å². The van der Waals surface area contributed by atoms with E-state index in [1.165, 1.54) is 10.9 Å². The SMILES string of the molecule is Nc1nc(Cl)nc2c1ncn2[C@@H]1O[C@H](CO)[C@@H](O)[C@@H]1[18F]. The Morgan fingerprint density at radius 1 is 1.50 bits per heavy atom. The Morgan fingerprint density at radius 2 is 2.25 bits per heavy atom. The monoisotopic (exact) mass is 302 g/mol. The Morgan fingerprint density at radius 3 is 2.90 bits per heavy atom. The van der Waals surface area contributed by atoms with Gasteiger partial charge in [0.2, 0.25) is 5.28 Å². The van der Waals surface area contributed by atoms with E-state index in [9.17, 15) is 9.50 Å². The number of alkyl halides is 1. The van der Waals surface area contributed by atoms with Gasteiger partial charge in [-0.3, -0.25) is 4.57 Å². The van der Waals surface area contributed by atoms with Crippen molar-refractivity contribution >= 4 is 28.6 Å². The second-order valence-corrected chi connectivity index (χ2v) is 4.72. The van der Waals surface area contributed by atoms with Gasteiger partial charge in [-0.2, -0.15) is 9.97 Å². The fraction of sp³-hybridized carbons (Fsp3) is 0.500.